The number of anilines is 1. The number of carbonyl (C=O) groups is 2. The van der Waals surface area contributed by atoms with Crippen LogP contribution in [0.1, 0.15) is 56.5 Å². The van der Waals surface area contributed by atoms with Gasteiger partial charge in [-0.2, -0.15) is 0 Å². The molecule has 0 aliphatic heterocycles. The van der Waals surface area contributed by atoms with Gasteiger partial charge in [0.25, 0.3) is 0 Å². The molecule has 0 heterocycles. The van der Waals surface area contributed by atoms with Crippen molar-refractivity contribution in [1.29, 1.82) is 0 Å². The molecule has 0 unspecified atom stereocenters. The van der Waals surface area contributed by atoms with Crippen LogP contribution in [0.2, 0.25) is 0 Å². The maximum Gasteiger partial charge on any atom is 0.226 e. The van der Waals surface area contributed by atoms with E-state index in [4.69, 9.17) is 17.0 Å². The van der Waals surface area contributed by atoms with Crippen molar-refractivity contribution >= 4 is 34.7 Å². The van der Waals surface area contributed by atoms with Gasteiger partial charge in [0.2, 0.25) is 5.91 Å². The van der Waals surface area contributed by atoms with Gasteiger partial charge in [-0.05, 0) is 60.8 Å². The van der Waals surface area contributed by atoms with Gasteiger partial charge in [-0.1, -0.05) is 45.0 Å². The van der Waals surface area contributed by atoms with Crippen molar-refractivity contribution in [2.75, 3.05) is 11.9 Å². The molecule has 0 atom stereocenters. The molecule has 2 aromatic rings. The van der Waals surface area contributed by atoms with Crippen LogP contribution in [0.3, 0.4) is 0 Å². The molecule has 0 fully saturated rings. The van der Waals surface area contributed by atoms with Crippen LogP contribution in [0, 0.1) is 0 Å². The molecule has 6 heteroatoms. The van der Waals surface area contributed by atoms with E-state index in [0.29, 0.717) is 30.7 Å². The lowest BCUT2D eigenvalue weighted by atomic mass is 9.87. The quantitative estimate of drug-likeness (QED) is 0.386. The molecule has 0 aliphatic carbocycles. The number of ether oxygens (including phenoxy) is 1. The highest BCUT2D eigenvalue weighted by Crippen LogP contribution is 2.24. The van der Waals surface area contributed by atoms with Crippen LogP contribution >= 0.6 is 12.2 Å². The van der Waals surface area contributed by atoms with Gasteiger partial charge in [0, 0.05) is 17.7 Å². The number of hydrogen-bond donors (Lipinski definition) is 2. The largest absolute Gasteiger partial charge is 0.494 e. The highest BCUT2D eigenvalue weighted by atomic mass is 32.1. The average Bonchev–Trinajstić information content (AvgIpc) is 2.65. The van der Waals surface area contributed by atoms with Gasteiger partial charge in [-0.15, -0.1) is 0 Å². The molecular formula is C23H28N2O3S. The molecule has 0 aromatic heterocycles. The predicted octanol–water partition coefficient (Wildman–Crippen LogP) is 4.86. The van der Waals surface area contributed by atoms with Gasteiger partial charge >= 0.3 is 0 Å². The van der Waals surface area contributed by atoms with Crippen molar-refractivity contribution in [3.63, 3.8) is 0 Å². The summed E-state index contributed by atoms with van der Waals surface area (Å²) in [6.07, 6.45) is 0.880. The Labute approximate surface area is 177 Å². The fourth-order valence-electron chi connectivity index (χ4n) is 2.64. The van der Waals surface area contributed by atoms with E-state index in [-0.39, 0.29) is 22.2 Å². The third-order valence-corrected chi connectivity index (χ3v) is 4.52. The van der Waals surface area contributed by atoms with Crippen molar-refractivity contribution in [3.05, 3.63) is 59.7 Å². The summed E-state index contributed by atoms with van der Waals surface area (Å²) < 4.78 is 5.70. The normalized spacial score (nSPS) is 10.9. The molecule has 0 bridgehead atoms. The first-order chi connectivity index (χ1) is 13.6. The summed E-state index contributed by atoms with van der Waals surface area (Å²) in [5.41, 5.74) is 2.59. The van der Waals surface area contributed by atoms with Crippen LogP contribution in [0.4, 0.5) is 5.69 Å². The minimum Gasteiger partial charge on any atom is -0.494 e. The number of Topliss-reactive ketones (excluding diaryl/α,β-unsaturated/α-hetero) is 1. The van der Waals surface area contributed by atoms with Gasteiger partial charge in [0.15, 0.2) is 10.9 Å². The number of nitrogens with one attached hydrogen (secondary N) is 2. The number of amides is 1. The van der Waals surface area contributed by atoms with E-state index in [1.165, 1.54) is 12.5 Å². The second-order valence-electron chi connectivity index (χ2n) is 7.87. The fraction of sp³-hybridized carbons (Fsp3) is 0.348. The molecule has 0 aliphatic rings. The Hall–Kier alpha value is -2.73. The summed E-state index contributed by atoms with van der Waals surface area (Å²) in [4.78, 5) is 23.5. The molecule has 2 aromatic carbocycles. The molecule has 0 spiro atoms. The lowest BCUT2D eigenvalue weighted by Gasteiger charge is -2.19. The molecule has 5 nitrogen and oxygen atoms in total. The lowest BCUT2D eigenvalue weighted by molar-refractivity contribution is -0.119. The Kier molecular flexibility index (Phi) is 7.91. The summed E-state index contributed by atoms with van der Waals surface area (Å²) in [6.45, 7) is 8.45. The van der Waals surface area contributed by atoms with Gasteiger partial charge in [0.1, 0.15) is 5.75 Å². The lowest BCUT2D eigenvalue weighted by Crippen LogP contribution is -2.34. The van der Waals surface area contributed by atoms with Gasteiger partial charge in [-0.3, -0.25) is 9.59 Å². The summed E-state index contributed by atoms with van der Waals surface area (Å²) in [6, 6.07) is 15.0. The molecule has 0 radical (unpaired) electrons. The standard InChI is InChI=1S/C23H28N2O3S/c1-16(26)17-7-5-8-19(15-17)24-22(29)25-21(27)9-6-14-28-20-12-10-18(11-13-20)23(2,3)4/h5,7-8,10-13,15H,6,9,14H2,1-4H3,(H2,24,25,27,29). The van der Waals surface area contributed by atoms with E-state index in [1.54, 1.807) is 24.3 Å². The zero-order valence-corrected chi connectivity index (χ0v) is 18.2. The zero-order chi connectivity index (χ0) is 21.4. The van der Waals surface area contributed by atoms with Gasteiger partial charge < -0.3 is 15.4 Å². The van der Waals surface area contributed by atoms with Crippen molar-refractivity contribution in [3.8, 4) is 5.75 Å². The molecule has 0 saturated carbocycles. The Morgan fingerprint density at radius 2 is 1.76 bits per heavy atom. The SMILES string of the molecule is CC(=O)c1cccc(NC(=S)NC(=O)CCCOc2ccc(C(C)(C)C)cc2)c1. The van der Waals surface area contributed by atoms with Crippen LogP contribution in [0.25, 0.3) is 0 Å². The maximum atomic E-state index is 12.0. The molecule has 2 N–H and O–H groups in total. The number of hydrogen-bond acceptors (Lipinski definition) is 4. The van der Waals surface area contributed by atoms with Crippen LogP contribution in [-0.2, 0) is 10.2 Å². The Morgan fingerprint density at radius 1 is 1.07 bits per heavy atom. The van der Waals surface area contributed by atoms with Crippen molar-refractivity contribution < 1.29 is 14.3 Å². The third kappa shape index (κ3) is 7.66. The maximum absolute atomic E-state index is 12.0. The van der Waals surface area contributed by atoms with Gasteiger partial charge in [-0.25, -0.2) is 0 Å². The molecule has 154 valence electrons. The van der Waals surface area contributed by atoms with Crippen LogP contribution in [-0.4, -0.2) is 23.4 Å². The molecule has 0 saturated heterocycles. The van der Waals surface area contributed by atoms with Crippen LogP contribution < -0.4 is 15.4 Å². The van der Waals surface area contributed by atoms with E-state index in [0.717, 1.165) is 5.75 Å². The molecule has 2 rings (SSSR count). The van der Waals surface area contributed by atoms with E-state index in [9.17, 15) is 9.59 Å². The van der Waals surface area contributed by atoms with Crippen molar-refractivity contribution in [2.24, 2.45) is 0 Å². The zero-order valence-electron chi connectivity index (χ0n) is 17.4. The number of rotatable bonds is 7. The first-order valence-electron chi connectivity index (χ1n) is 9.60. The molecule has 1 amide bonds. The van der Waals surface area contributed by atoms with Crippen LogP contribution in [0.5, 0.6) is 5.75 Å². The highest BCUT2D eigenvalue weighted by Gasteiger charge is 2.13. The first kappa shape index (κ1) is 22.6. The minimum absolute atomic E-state index is 0.0309. The monoisotopic (exact) mass is 412 g/mol. The summed E-state index contributed by atoms with van der Waals surface area (Å²) in [5.74, 6) is 0.578. The summed E-state index contributed by atoms with van der Waals surface area (Å²) in [7, 11) is 0. The molecule has 29 heavy (non-hydrogen) atoms. The summed E-state index contributed by atoms with van der Waals surface area (Å²) in [5, 5.41) is 5.76. The Balaban J connectivity index is 1.71. The van der Waals surface area contributed by atoms with Crippen molar-refractivity contribution in [1.82, 2.24) is 5.32 Å². The second-order valence-corrected chi connectivity index (χ2v) is 8.27. The van der Waals surface area contributed by atoms with E-state index in [1.807, 2.05) is 12.1 Å². The third-order valence-electron chi connectivity index (χ3n) is 4.32. The Bertz CT molecular complexity index is 870. The number of benzene rings is 2. The van der Waals surface area contributed by atoms with Crippen molar-refractivity contribution in [2.45, 2.75) is 46.0 Å². The topological polar surface area (TPSA) is 67.4 Å². The number of ketones is 1. The second kappa shape index (κ2) is 10.2. The van der Waals surface area contributed by atoms with E-state index >= 15 is 0 Å². The smallest absolute Gasteiger partial charge is 0.226 e. The number of carbonyl (C=O) groups excluding carboxylic acids is 2. The van der Waals surface area contributed by atoms with E-state index < -0.39 is 0 Å². The minimum atomic E-state index is -0.183. The number of thiocarbonyl (C=S) groups is 1. The van der Waals surface area contributed by atoms with Crippen LogP contribution in [0.15, 0.2) is 48.5 Å². The highest BCUT2D eigenvalue weighted by molar-refractivity contribution is 7.80. The fourth-order valence-corrected chi connectivity index (χ4v) is 2.87. The van der Waals surface area contributed by atoms with Gasteiger partial charge in [0.05, 0.1) is 6.61 Å². The summed E-state index contributed by atoms with van der Waals surface area (Å²) >= 11 is 5.16. The van der Waals surface area contributed by atoms with E-state index in [2.05, 4.69) is 43.5 Å². The predicted molar refractivity (Wildman–Crippen MR) is 121 cm³/mol. The Morgan fingerprint density at radius 3 is 2.38 bits per heavy atom. The molecular weight excluding hydrogens is 384 g/mol. The first-order valence-corrected chi connectivity index (χ1v) is 10.0. The average molecular weight is 413 g/mol.